The maximum absolute atomic E-state index is 13.6. The van der Waals surface area contributed by atoms with Crippen LogP contribution >= 0.6 is 11.8 Å². The van der Waals surface area contributed by atoms with Gasteiger partial charge in [0.1, 0.15) is 17.6 Å². The Hall–Kier alpha value is -4.64. The first-order valence-electron chi connectivity index (χ1n) is 14.8. The minimum atomic E-state index is -0.686. The van der Waals surface area contributed by atoms with Crippen molar-refractivity contribution < 1.29 is 19.1 Å². The number of piperazine rings is 1. The fourth-order valence-electron chi connectivity index (χ4n) is 5.49. The van der Waals surface area contributed by atoms with Gasteiger partial charge in [0.25, 0.3) is 5.91 Å². The van der Waals surface area contributed by atoms with Crippen LogP contribution in [0.2, 0.25) is 0 Å². The fraction of sp³-hybridized carbons (Fsp3) is 0.303. The number of anilines is 2. The van der Waals surface area contributed by atoms with Gasteiger partial charge in [0.05, 0.1) is 18.0 Å². The number of benzene rings is 3. The Kier molecular flexibility index (Phi) is 8.92. The molecule has 3 aliphatic rings. The van der Waals surface area contributed by atoms with Crippen LogP contribution in [-0.2, 0) is 14.4 Å². The van der Waals surface area contributed by atoms with Crippen molar-refractivity contribution in [3.63, 3.8) is 0 Å². The molecule has 0 unspecified atom stereocenters. The average Bonchev–Trinajstić information content (AvgIpc) is 3.40. The first kappa shape index (κ1) is 29.4. The van der Waals surface area contributed by atoms with Crippen LogP contribution in [0, 0.1) is 0 Å². The number of hydrogen-bond acceptors (Lipinski definition) is 8. The zero-order valence-corrected chi connectivity index (χ0v) is 25.3. The Balaban J connectivity index is 1.07. The summed E-state index contributed by atoms with van der Waals surface area (Å²) in [5.74, 6) is 0.892. The second-order valence-corrected chi connectivity index (χ2v) is 11.5. The smallest absolute Gasteiger partial charge is 0.259 e. The van der Waals surface area contributed by atoms with Crippen molar-refractivity contribution >= 4 is 57.5 Å². The van der Waals surface area contributed by atoms with E-state index in [0.717, 1.165) is 30.1 Å². The Morgan fingerprint density at radius 2 is 1.68 bits per heavy atom. The molecule has 0 radical (unpaired) electrons. The quantitative estimate of drug-likeness (QED) is 0.381. The molecule has 0 saturated carbocycles. The van der Waals surface area contributed by atoms with Crippen LogP contribution in [0.5, 0.6) is 5.75 Å². The number of nitrogens with one attached hydrogen (secondary N) is 1. The van der Waals surface area contributed by atoms with Crippen LogP contribution in [0.25, 0.3) is 0 Å². The number of carbonyl (C=O) groups is 3. The Morgan fingerprint density at radius 3 is 2.43 bits per heavy atom. The van der Waals surface area contributed by atoms with E-state index in [0.29, 0.717) is 48.5 Å². The van der Waals surface area contributed by atoms with E-state index < -0.39 is 6.04 Å². The third-order valence-electron chi connectivity index (χ3n) is 7.71. The van der Waals surface area contributed by atoms with Crippen LogP contribution in [0.4, 0.5) is 17.1 Å². The van der Waals surface area contributed by atoms with Crippen LogP contribution in [-0.4, -0.2) is 83.1 Å². The van der Waals surface area contributed by atoms with E-state index in [1.807, 2.05) is 54.3 Å². The highest BCUT2D eigenvalue weighted by molar-refractivity contribution is 8.14. The molecule has 3 aromatic rings. The van der Waals surface area contributed by atoms with Gasteiger partial charge in [-0.3, -0.25) is 19.4 Å². The third kappa shape index (κ3) is 6.47. The molecule has 0 aromatic heterocycles. The van der Waals surface area contributed by atoms with Crippen molar-refractivity contribution in [3.05, 3.63) is 84.4 Å². The molecule has 226 valence electrons. The van der Waals surface area contributed by atoms with Gasteiger partial charge in [-0.1, -0.05) is 42.1 Å². The minimum absolute atomic E-state index is 0.0326. The van der Waals surface area contributed by atoms with Gasteiger partial charge in [0.2, 0.25) is 11.8 Å². The van der Waals surface area contributed by atoms with Gasteiger partial charge in [0.15, 0.2) is 5.17 Å². The molecule has 1 N–H and O–H groups in total. The molecule has 1 fully saturated rings. The van der Waals surface area contributed by atoms with E-state index in [4.69, 9.17) is 14.7 Å². The Labute approximate surface area is 260 Å². The van der Waals surface area contributed by atoms with Crippen LogP contribution < -0.4 is 15.0 Å². The molecule has 3 aliphatic heterocycles. The lowest BCUT2D eigenvalue weighted by molar-refractivity contribution is -0.132. The van der Waals surface area contributed by atoms with Crippen LogP contribution in [0.1, 0.15) is 25.3 Å². The number of ether oxygens (including phenoxy) is 1. The number of thioether (sulfide) groups is 1. The number of fused-ring (bicyclic) bond motifs is 3. The summed E-state index contributed by atoms with van der Waals surface area (Å²) in [7, 11) is 0. The maximum atomic E-state index is 13.6. The summed E-state index contributed by atoms with van der Waals surface area (Å²) >= 11 is 1.18. The first-order valence-corrected chi connectivity index (χ1v) is 15.8. The van der Waals surface area contributed by atoms with Crippen molar-refractivity contribution in [3.8, 4) is 5.75 Å². The lowest BCUT2D eigenvalue weighted by Crippen LogP contribution is -2.49. The molecule has 0 spiro atoms. The number of aliphatic imine (C=N–C) groups is 2. The highest BCUT2D eigenvalue weighted by Gasteiger charge is 2.41. The zero-order valence-electron chi connectivity index (χ0n) is 24.5. The Morgan fingerprint density at radius 1 is 0.955 bits per heavy atom. The Bertz CT molecular complexity index is 1590. The molecule has 44 heavy (non-hydrogen) atoms. The summed E-state index contributed by atoms with van der Waals surface area (Å²) in [6, 6.07) is 24.2. The summed E-state index contributed by atoms with van der Waals surface area (Å²) in [4.78, 5) is 54.7. The van der Waals surface area contributed by atoms with E-state index in [9.17, 15) is 14.4 Å². The number of amides is 3. The van der Waals surface area contributed by atoms with Gasteiger partial charge in [-0.25, -0.2) is 9.89 Å². The lowest BCUT2D eigenvalue weighted by atomic mass is 10.1. The summed E-state index contributed by atoms with van der Waals surface area (Å²) in [6.45, 7) is 5.32. The van der Waals surface area contributed by atoms with Gasteiger partial charge in [-0.05, 0) is 61.9 Å². The SMILES string of the molecule is CCOc1ccc(NC(=O)CSC2=Nc3ccccc3C3=N[C@H](CCC(=O)N4CCN(c5ccccc5)CC4)C(=O)N23)cc1. The summed E-state index contributed by atoms with van der Waals surface area (Å²) in [5.41, 5.74) is 3.27. The van der Waals surface area contributed by atoms with Gasteiger partial charge in [-0.2, -0.15) is 0 Å². The standard InChI is InChI=1S/C33H34N6O4S/c1-2-43-25-14-12-23(13-15-25)34-29(40)22-44-33-36-27-11-7-6-10-26(27)31-35-28(32(42)39(31)33)16-17-30(41)38-20-18-37(19-21-38)24-8-4-3-5-9-24/h3-15,28H,2,16-22H2,1H3,(H,34,40)/t28-/m1/s1. The van der Waals surface area contributed by atoms with E-state index in [2.05, 4.69) is 22.3 Å². The van der Waals surface area contributed by atoms with Gasteiger partial charge in [0, 0.05) is 49.5 Å². The zero-order chi connectivity index (χ0) is 30.5. The molecule has 0 aliphatic carbocycles. The molecule has 1 atom stereocenters. The van der Waals surface area contributed by atoms with Gasteiger partial charge < -0.3 is 19.9 Å². The average molecular weight is 611 g/mol. The summed E-state index contributed by atoms with van der Waals surface area (Å²) in [6.07, 6.45) is 0.549. The molecule has 3 aromatic carbocycles. The van der Waals surface area contributed by atoms with E-state index >= 15 is 0 Å². The molecule has 3 amide bonds. The highest BCUT2D eigenvalue weighted by atomic mass is 32.2. The molecule has 3 heterocycles. The predicted molar refractivity (Wildman–Crippen MR) is 174 cm³/mol. The number of amidine groups is 2. The van der Waals surface area contributed by atoms with E-state index in [-0.39, 0.29) is 29.9 Å². The molecule has 1 saturated heterocycles. The molecule has 0 bridgehead atoms. The third-order valence-corrected chi connectivity index (χ3v) is 8.65. The van der Waals surface area contributed by atoms with Crippen LogP contribution in [0.3, 0.4) is 0 Å². The molecular weight excluding hydrogens is 576 g/mol. The number of rotatable bonds is 9. The van der Waals surface area contributed by atoms with Crippen molar-refractivity contribution in [1.82, 2.24) is 9.80 Å². The van der Waals surface area contributed by atoms with Crippen molar-refractivity contribution in [2.45, 2.75) is 25.8 Å². The molecule has 10 nitrogen and oxygen atoms in total. The molecular formula is C33H34N6O4S. The van der Waals surface area contributed by atoms with Crippen molar-refractivity contribution in [2.24, 2.45) is 9.98 Å². The van der Waals surface area contributed by atoms with Crippen LogP contribution in [0.15, 0.2) is 88.8 Å². The van der Waals surface area contributed by atoms with E-state index in [1.165, 1.54) is 16.7 Å². The number of hydrogen-bond donors (Lipinski definition) is 1. The lowest BCUT2D eigenvalue weighted by Gasteiger charge is -2.36. The second kappa shape index (κ2) is 13.3. The summed E-state index contributed by atoms with van der Waals surface area (Å²) < 4.78 is 5.46. The van der Waals surface area contributed by atoms with Crippen molar-refractivity contribution in [2.75, 3.05) is 48.8 Å². The normalized spacial score (nSPS) is 17.4. The largest absolute Gasteiger partial charge is 0.494 e. The second-order valence-electron chi connectivity index (χ2n) is 10.6. The molecule has 11 heteroatoms. The minimum Gasteiger partial charge on any atom is -0.494 e. The first-order chi connectivity index (χ1) is 21.5. The predicted octanol–water partition coefficient (Wildman–Crippen LogP) is 4.54. The molecule has 6 rings (SSSR count). The van der Waals surface area contributed by atoms with Gasteiger partial charge >= 0.3 is 0 Å². The topological polar surface area (TPSA) is 107 Å². The number of para-hydroxylation sites is 2. The van der Waals surface area contributed by atoms with Crippen molar-refractivity contribution in [1.29, 1.82) is 0 Å². The van der Waals surface area contributed by atoms with E-state index in [1.54, 1.807) is 24.3 Å². The monoisotopic (exact) mass is 610 g/mol. The van der Waals surface area contributed by atoms with Gasteiger partial charge in [-0.15, -0.1) is 0 Å². The highest BCUT2D eigenvalue weighted by Crippen LogP contribution is 2.34. The number of carbonyl (C=O) groups excluding carboxylic acids is 3. The summed E-state index contributed by atoms with van der Waals surface area (Å²) in [5, 5.41) is 3.28. The number of nitrogens with zero attached hydrogens (tertiary/aromatic N) is 5. The fourth-order valence-corrected chi connectivity index (χ4v) is 6.29. The maximum Gasteiger partial charge on any atom is 0.259 e.